The zero-order valence-electron chi connectivity index (χ0n) is 15.7. The first-order chi connectivity index (χ1) is 11.5. The first-order valence-electron chi connectivity index (χ1n) is 9.29. The minimum absolute atomic E-state index is 0.195. The van der Waals surface area contributed by atoms with E-state index in [1.165, 1.54) is 0 Å². The number of hydrogen-bond acceptors (Lipinski definition) is 5. The highest BCUT2D eigenvalue weighted by atomic mass is 16.5. The van der Waals surface area contributed by atoms with Gasteiger partial charge < -0.3 is 9.47 Å². The van der Waals surface area contributed by atoms with Crippen molar-refractivity contribution < 1.29 is 19.1 Å². The first-order valence-corrected chi connectivity index (χ1v) is 9.29. The van der Waals surface area contributed by atoms with Crippen LogP contribution in [0.1, 0.15) is 79.1 Å². The van der Waals surface area contributed by atoms with E-state index < -0.39 is 23.3 Å². The molecule has 0 bridgehead atoms. The monoisotopic (exact) mass is 339 g/mol. The number of carbonyl (C=O) groups is 2. The normalized spacial score (nSPS) is 14.3. The number of hydrogen-bond donors (Lipinski definition) is 0. The van der Waals surface area contributed by atoms with Crippen molar-refractivity contribution in [3.05, 3.63) is 0 Å². The molecule has 0 N–H and O–H groups in total. The summed E-state index contributed by atoms with van der Waals surface area (Å²) in [5.41, 5.74) is -1.44. The van der Waals surface area contributed by atoms with Crippen molar-refractivity contribution >= 4 is 11.9 Å². The number of esters is 2. The first kappa shape index (κ1) is 22.4. The topological polar surface area (TPSA) is 76.4 Å². The molecule has 24 heavy (non-hydrogen) atoms. The summed E-state index contributed by atoms with van der Waals surface area (Å²) >= 11 is 0. The lowest BCUT2D eigenvalue weighted by Gasteiger charge is -2.31. The van der Waals surface area contributed by atoms with Crippen molar-refractivity contribution in [2.24, 2.45) is 11.3 Å². The SMILES string of the molecule is CCCCCCC(C#N)(C(=O)OCC)C(CCCC)C(=O)OCC. The third-order valence-electron chi connectivity index (χ3n) is 4.28. The summed E-state index contributed by atoms with van der Waals surface area (Å²) in [4.78, 5) is 25.1. The second-order valence-electron chi connectivity index (χ2n) is 6.06. The molecule has 5 heteroatoms. The lowest BCUT2D eigenvalue weighted by atomic mass is 9.70. The summed E-state index contributed by atoms with van der Waals surface area (Å²) < 4.78 is 10.3. The van der Waals surface area contributed by atoms with Crippen LogP contribution in [0.2, 0.25) is 0 Å². The number of carbonyl (C=O) groups excluding carboxylic acids is 2. The molecule has 0 amide bonds. The average Bonchev–Trinajstić information content (AvgIpc) is 2.57. The van der Waals surface area contributed by atoms with Gasteiger partial charge in [-0.15, -0.1) is 0 Å². The molecule has 0 fully saturated rings. The van der Waals surface area contributed by atoms with E-state index in [1.54, 1.807) is 13.8 Å². The Kier molecular flexibility index (Phi) is 12.0. The standard InChI is InChI=1S/C19H33NO4/c1-5-9-11-12-14-19(15-20,18(22)24-8-4)16(13-10-6-2)17(21)23-7-3/h16H,5-14H2,1-4H3. The lowest BCUT2D eigenvalue weighted by Crippen LogP contribution is -2.43. The molecule has 0 rings (SSSR count). The molecular formula is C19H33NO4. The molecule has 0 aromatic heterocycles. The predicted molar refractivity (Wildman–Crippen MR) is 93.1 cm³/mol. The number of unbranched alkanes of at least 4 members (excludes halogenated alkanes) is 4. The van der Waals surface area contributed by atoms with E-state index in [0.29, 0.717) is 12.8 Å². The van der Waals surface area contributed by atoms with Gasteiger partial charge in [-0.1, -0.05) is 52.4 Å². The molecule has 0 aliphatic rings. The fourth-order valence-corrected chi connectivity index (χ4v) is 2.91. The predicted octanol–water partition coefficient (Wildman–Crippen LogP) is 4.40. The summed E-state index contributed by atoms with van der Waals surface area (Å²) in [5.74, 6) is -1.81. The van der Waals surface area contributed by atoms with Gasteiger partial charge in [0.05, 0.1) is 25.2 Å². The maximum atomic E-state index is 12.6. The van der Waals surface area contributed by atoms with Crippen LogP contribution in [0.5, 0.6) is 0 Å². The number of nitriles is 1. The molecule has 138 valence electrons. The van der Waals surface area contributed by atoms with Gasteiger partial charge in [-0.05, 0) is 26.7 Å². The molecule has 0 saturated carbocycles. The highest BCUT2D eigenvalue weighted by Crippen LogP contribution is 2.39. The zero-order valence-corrected chi connectivity index (χ0v) is 15.7. The third kappa shape index (κ3) is 6.51. The van der Waals surface area contributed by atoms with Gasteiger partial charge in [-0.3, -0.25) is 9.59 Å². The summed E-state index contributed by atoms with van der Waals surface area (Å²) in [5, 5.41) is 9.86. The molecule has 0 heterocycles. The quantitative estimate of drug-likeness (QED) is 0.367. The van der Waals surface area contributed by atoms with Gasteiger partial charge in [0, 0.05) is 0 Å². The van der Waals surface area contributed by atoms with Crippen LogP contribution in [-0.2, 0) is 19.1 Å². The number of nitrogens with zero attached hydrogens (tertiary/aromatic N) is 1. The van der Waals surface area contributed by atoms with Crippen molar-refractivity contribution in [2.45, 2.75) is 79.1 Å². The van der Waals surface area contributed by atoms with Crippen molar-refractivity contribution in [1.82, 2.24) is 0 Å². The summed E-state index contributed by atoms with van der Waals surface area (Å²) in [6.07, 6.45) is 6.23. The maximum Gasteiger partial charge on any atom is 0.327 e. The van der Waals surface area contributed by atoms with E-state index >= 15 is 0 Å². The fraction of sp³-hybridized carbons (Fsp3) is 0.842. The lowest BCUT2D eigenvalue weighted by molar-refractivity contribution is -0.166. The Hall–Kier alpha value is -1.57. The van der Waals surface area contributed by atoms with Gasteiger partial charge in [0.15, 0.2) is 5.41 Å². The van der Waals surface area contributed by atoms with Gasteiger partial charge in [-0.2, -0.15) is 5.26 Å². The molecule has 0 aromatic rings. The molecule has 0 aromatic carbocycles. The zero-order chi connectivity index (χ0) is 18.4. The van der Waals surface area contributed by atoms with E-state index in [9.17, 15) is 14.9 Å². The van der Waals surface area contributed by atoms with Gasteiger partial charge in [0.25, 0.3) is 0 Å². The van der Waals surface area contributed by atoms with Crippen LogP contribution in [0.25, 0.3) is 0 Å². The van der Waals surface area contributed by atoms with Crippen LogP contribution >= 0.6 is 0 Å². The van der Waals surface area contributed by atoms with E-state index in [-0.39, 0.29) is 13.2 Å². The Balaban J connectivity index is 5.55. The van der Waals surface area contributed by atoms with Crippen molar-refractivity contribution in [3.63, 3.8) is 0 Å². The van der Waals surface area contributed by atoms with Gasteiger partial charge in [0.2, 0.25) is 0 Å². The molecule has 0 spiro atoms. The maximum absolute atomic E-state index is 12.6. The second-order valence-corrected chi connectivity index (χ2v) is 6.06. The van der Waals surface area contributed by atoms with E-state index in [4.69, 9.17) is 9.47 Å². The molecule has 0 aliphatic carbocycles. The summed E-state index contributed by atoms with van der Waals surface area (Å²) in [6, 6.07) is 2.15. The van der Waals surface area contributed by atoms with E-state index in [1.807, 2.05) is 6.92 Å². The molecular weight excluding hydrogens is 306 g/mol. The third-order valence-corrected chi connectivity index (χ3v) is 4.28. The second kappa shape index (κ2) is 12.8. The fourth-order valence-electron chi connectivity index (χ4n) is 2.91. The molecule has 5 nitrogen and oxygen atoms in total. The van der Waals surface area contributed by atoms with Gasteiger partial charge in [0.1, 0.15) is 0 Å². The van der Waals surface area contributed by atoms with Crippen LogP contribution < -0.4 is 0 Å². The van der Waals surface area contributed by atoms with Crippen molar-refractivity contribution in [1.29, 1.82) is 5.26 Å². The van der Waals surface area contributed by atoms with Crippen LogP contribution in [0, 0.1) is 22.7 Å². The Morgan fingerprint density at radius 3 is 2.08 bits per heavy atom. The van der Waals surface area contributed by atoms with Crippen LogP contribution in [0.4, 0.5) is 0 Å². The smallest absolute Gasteiger partial charge is 0.327 e. The van der Waals surface area contributed by atoms with Crippen LogP contribution in [0.3, 0.4) is 0 Å². The van der Waals surface area contributed by atoms with Gasteiger partial charge in [-0.25, -0.2) is 0 Å². The van der Waals surface area contributed by atoms with Crippen LogP contribution in [-0.4, -0.2) is 25.2 Å². The molecule has 0 saturated heterocycles. The highest BCUT2D eigenvalue weighted by molar-refractivity contribution is 5.88. The summed E-state index contributed by atoms with van der Waals surface area (Å²) in [6.45, 7) is 7.99. The largest absolute Gasteiger partial charge is 0.466 e. The van der Waals surface area contributed by atoms with Crippen LogP contribution in [0.15, 0.2) is 0 Å². The van der Waals surface area contributed by atoms with Crippen molar-refractivity contribution in [3.8, 4) is 6.07 Å². The van der Waals surface area contributed by atoms with E-state index in [2.05, 4.69) is 13.0 Å². The van der Waals surface area contributed by atoms with Gasteiger partial charge >= 0.3 is 11.9 Å². The number of rotatable bonds is 13. The average molecular weight is 339 g/mol. The van der Waals surface area contributed by atoms with E-state index in [0.717, 1.165) is 38.5 Å². The molecule has 0 radical (unpaired) electrons. The Morgan fingerprint density at radius 2 is 1.58 bits per heavy atom. The number of ether oxygens (including phenoxy) is 2. The summed E-state index contributed by atoms with van der Waals surface area (Å²) in [7, 11) is 0. The Bertz CT molecular complexity index is 416. The molecule has 2 atom stereocenters. The minimum atomic E-state index is -1.44. The highest BCUT2D eigenvalue weighted by Gasteiger charge is 2.51. The Labute approximate surface area is 146 Å². The van der Waals surface area contributed by atoms with Crippen molar-refractivity contribution in [2.75, 3.05) is 13.2 Å². The molecule has 0 aliphatic heterocycles. The Morgan fingerprint density at radius 1 is 0.958 bits per heavy atom. The molecule has 2 unspecified atom stereocenters. The minimum Gasteiger partial charge on any atom is -0.466 e.